The van der Waals surface area contributed by atoms with E-state index in [4.69, 9.17) is 0 Å². The number of hydrogen-bond donors (Lipinski definition) is 1. The van der Waals surface area contributed by atoms with E-state index in [1.165, 1.54) is 22.7 Å². The number of nitrogens with zero attached hydrogens (tertiary/aromatic N) is 4. The first-order valence-corrected chi connectivity index (χ1v) is 13.9. The Hall–Kier alpha value is -2.75. The van der Waals surface area contributed by atoms with Crippen LogP contribution in [0.4, 0.5) is 18.2 Å². The molecule has 1 aliphatic rings. The molecule has 0 fully saturated rings. The van der Waals surface area contributed by atoms with Crippen LogP contribution in [-0.4, -0.2) is 20.5 Å². The topological polar surface area (TPSA) is 83.1 Å². The molecule has 0 saturated heterocycles. The molecule has 0 unspecified atom stereocenters. The van der Waals surface area contributed by atoms with Crippen molar-refractivity contribution in [2.45, 2.75) is 46.2 Å². The van der Waals surface area contributed by atoms with Gasteiger partial charge in [0.25, 0.3) is 5.91 Å². The van der Waals surface area contributed by atoms with Crippen LogP contribution in [0.15, 0.2) is 28.1 Å². The minimum Gasteiger partial charge on any atom is -0.311 e. The van der Waals surface area contributed by atoms with Gasteiger partial charge in [0.1, 0.15) is 11.1 Å². The highest BCUT2D eigenvalue weighted by atomic mass is 79.9. The maximum atomic E-state index is 13.9. The molecular weight excluding hydrogens is 587 g/mol. The zero-order valence-electron chi connectivity index (χ0n) is 20.0. The normalized spacial score (nSPS) is 16.0. The number of halogens is 4. The molecule has 37 heavy (non-hydrogen) atoms. The van der Waals surface area contributed by atoms with E-state index in [-0.39, 0.29) is 26.9 Å². The highest BCUT2D eigenvalue weighted by Gasteiger charge is 2.37. The number of nitriles is 1. The predicted octanol–water partition coefficient (Wildman–Crippen LogP) is 7.58. The maximum Gasteiger partial charge on any atom is 0.433 e. The van der Waals surface area contributed by atoms with Crippen molar-refractivity contribution in [3.8, 4) is 16.6 Å². The average molecular weight is 609 g/mol. The molecule has 0 bridgehead atoms. The molecule has 4 aromatic heterocycles. The molecule has 0 radical (unpaired) electrons. The molecule has 1 aliphatic carbocycles. The predicted molar refractivity (Wildman–Crippen MR) is 141 cm³/mol. The highest BCUT2D eigenvalue weighted by Crippen LogP contribution is 2.44. The van der Waals surface area contributed by atoms with Crippen LogP contribution in [-0.2, 0) is 19.0 Å². The summed E-state index contributed by atoms with van der Waals surface area (Å²) < 4.78 is 42.5. The van der Waals surface area contributed by atoms with E-state index in [1.807, 2.05) is 0 Å². The molecule has 0 spiro atoms. The fourth-order valence-corrected chi connectivity index (χ4v) is 7.06. The second kappa shape index (κ2) is 9.22. The van der Waals surface area contributed by atoms with E-state index < -0.39 is 17.8 Å². The number of amides is 1. The van der Waals surface area contributed by atoms with Crippen LogP contribution >= 0.6 is 38.6 Å². The number of anilines is 1. The number of rotatable bonds is 3. The third-order valence-electron chi connectivity index (χ3n) is 6.64. The van der Waals surface area contributed by atoms with Crippen molar-refractivity contribution in [1.29, 1.82) is 5.26 Å². The Kier molecular flexibility index (Phi) is 6.45. The third-order valence-corrected chi connectivity index (χ3v) is 9.43. The van der Waals surface area contributed by atoms with Gasteiger partial charge in [0, 0.05) is 4.88 Å². The van der Waals surface area contributed by atoms with Crippen LogP contribution in [0, 0.1) is 22.7 Å². The maximum absolute atomic E-state index is 13.9. The van der Waals surface area contributed by atoms with Crippen LogP contribution in [0.1, 0.15) is 59.4 Å². The number of carbonyl (C=O) groups excluding carboxylic acids is 1. The highest BCUT2D eigenvalue weighted by molar-refractivity contribution is 9.10. The number of alkyl halides is 3. The fourth-order valence-electron chi connectivity index (χ4n) is 4.58. The number of fused-ring (bicyclic) bond motifs is 2. The molecule has 1 atom stereocenters. The number of hydrogen-bond acceptors (Lipinski definition) is 6. The van der Waals surface area contributed by atoms with Gasteiger partial charge in [-0.25, -0.2) is 9.50 Å². The summed E-state index contributed by atoms with van der Waals surface area (Å²) >= 11 is 5.87. The van der Waals surface area contributed by atoms with Gasteiger partial charge in [-0.3, -0.25) is 4.79 Å². The molecule has 1 amide bonds. The lowest BCUT2D eigenvalue weighted by Gasteiger charge is -2.33. The Balaban J connectivity index is 1.54. The summed E-state index contributed by atoms with van der Waals surface area (Å²) in [5, 5.41) is 18.7. The summed E-state index contributed by atoms with van der Waals surface area (Å²) in [5.41, 5.74) is 0.191. The van der Waals surface area contributed by atoms with Crippen LogP contribution < -0.4 is 5.32 Å². The second-order valence-corrected chi connectivity index (χ2v) is 12.8. The zero-order valence-corrected chi connectivity index (χ0v) is 23.3. The van der Waals surface area contributed by atoms with Gasteiger partial charge in [-0.05, 0) is 69.6 Å². The summed E-state index contributed by atoms with van der Waals surface area (Å²) in [4.78, 5) is 19.2. The van der Waals surface area contributed by atoms with E-state index in [1.54, 1.807) is 17.5 Å². The molecular formula is C25H21BrF3N5OS2. The first-order chi connectivity index (χ1) is 17.4. The monoisotopic (exact) mass is 607 g/mol. The average Bonchev–Trinajstić information content (AvgIpc) is 3.54. The van der Waals surface area contributed by atoms with Crippen molar-refractivity contribution in [2.75, 3.05) is 5.32 Å². The van der Waals surface area contributed by atoms with Crippen molar-refractivity contribution < 1.29 is 18.0 Å². The van der Waals surface area contributed by atoms with Gasteiger partial charge in [0.2, 0.25) is 0 Å². The van der Waals surface area contributed by atoms with Crippen LogP contribution in [0.2, 0.25) is 0 Å². The molecule has 0 aromatic carbocycles. The Morgan fingerprint density at radius 3 is 2.70 bits per heavy atom. The smallest absolute Gasteiger partial charge is 0.311 e. The van der Waals surface area contributed by atoms with Gasteiger partial charge < -0.3 is 5.32 Å². The zero-order chi connectivity index (χ0) is 26.7. The van der Waals surface area contributed by atoms with Crippen LogP contribution in [0.25, 0.3) is 16.2 Å². The largest absolute Gasteiger partial charge is 0.433 e. The van der Waals surface area contributed by atoms with Crippen molar-refractivity contribution in [3.05, 3.63) is 55.4 Å². The quantitative estimate of drug-likeness (QED) is 0.260. The van der Waals surface area contributed by atoms with Gasteiger partial charge in [-0.2, -0.15) is 23.5 Å². The molecule has 12 heteroatoms. The van der Waals surface area contributed by atoms with Crippen LogP contribution in [0.5, 0.6) is 0 Å². The van der Waals surface area contributed by atoms with E-state index in [2.05, 4.69) is 58.2 Å². The number of thiophene rings is 2. The molecule has 1 N–H and O–H groups in total. The molecule has 5 rings (SSSR count). The van der Waals surface area contributed by atoms with Crippen molar-refractivity contribution in [1.82, 2.24) is 14.6 Å². The molecule has 4 aromatic rings. The lowest BCUT2D eigenvalue weighted by atomic mass is 9.72. The van der Waals surface area contributed by atoms with Gasteiger partial charge in [0.15, 0.2) is 17.0 Å². The first-order valence-electron chi connectivity index (χ1n) is 11.4. The number of aromatic nitrogens is 3. The third kappa shape index (κ3) is 4.69. The first kappa shape index (κ1) is 25.9. The van der Waals surface area contributed by atoms with Crippen LogP contribution in [0.3, 0.4) is 0 Å². The summed E-state index contributed by atoms with van der Waals surface area (Å²) in [7, 11) is 0. The second-order valence-electron chi connectivity index (χ2n) is 9.98. The minimum absolute atomic E-state index is 0.0431. The van der Waals surface area contributed by atoms with Crippen molar-refractivity contribution in [3.63, 3.8) is 0 Å². The minimum atomic E-state index is -4.73. The Bertz CT molecular complexity index is 1560. The SMILES string of the molecule is CC(C)(C)[C@@H]1CCc2c(sc(NC(=O)c3nn4c(C(F)(F)F)cc(-c5cccs5)nc4c3Br)c2C#N)C1. The standard InChI is InChI=1S/C25H21BrF3N5OS2/c1-24(2,3)12-6-7-13-14(11-30)23(37-17(13)9-12)32-22(35)20-19(26)21-31-15(16-5-4-8-36-16)10-18(25(27,28)29)34(21)33-20/h4-5,8,10,12H,6-7,9H2,1-3H3,(H,32,35)/t12-/m1/s1. The van der Waals surface area contributed by atoms with Gasteiger partial charge >= 0.3 is 6.18 Å². The van der Waals surface area contributed by atoms with E-state index in [0.717, 1.165) is 35.8 Å². The fraction of sp³-hybridized carbons (Fsp3) is 0.360. The van der Waals surface area contributed by atoms with E-state index >= 15 is 0 Å². The van der Waals surface area contributed by atoms with Gasteiger partial charge in [0.05, 0.1) is 20.6 Å². The lowest BCUT2D eigenvalue weighted by Crippen LogP contribution is -2.26. The van der Waals surface area contributed by atoms with Crippen molar-refractivity contribution in [2.24, 2.45) is 11.3 Å². The van der Waals surface area contributed by atoms with E-state index in [0.29, 0.717) is 25.9 Å². The van der Waals surface area contributed by atoms with Crippen molar-refractivity contribution >= 4 is 55.2 Å². The Labute approximate surface area is 227 Å². The molecule has 0 aliphatic heterocycles. The Morgan fingerprint density at radius 2 is 2.08 bits per heavy atom. The molecule has 0 saturated carbocycles. The summed E-state index contributed by atoms with van der Waals surface area (Å²) in [6.07, 6.45) is -2.21. The van der Waals surface area contributed by atoms with E-state index in [9.17, 15) is 23.2 Å². The molecule has 192 valence electrons. The summed E-state index contributed by atoms with van der Waals surface area (Å²) in [5.74, 6) is -0.267. The summed E-state index contributed by atoms with van der Waals surface area (Å²) in [6.45, 7) is 6.58. The van der Waals surface area contributed by atoms with Gasteiger partial charge in [-0.15, -0.1) is 22.7 Å². The summed E-state index contributed by atoms with van der Waals surface area (Å²) in [6, 6.07) is 6.53. The Morgan fingerprint density at radius 1 is 1.32 bits per heavy atom. The molecule has 6 nitrogen and oxygen atoms in total. The lowest BCUT2D eigenvalue weighted by molar-refractivity contribution is -0.142. The number of carbonyl (C=O) groups is 1. The number of nitrogens with one attached hydrogen (secondary N) is 1. The van der Waals surface area contributed by atoms with Gasteiger partial charge in [-0.1, -0.05) is 26.8 Å². The molecule has 4 heterocycles.